The van der Waals surface area contributed by atoms with Crippen LogP contribution in [0.4, 0.5) is 0 Å². The van der Waals surface area contributed by atoms with E-state index in [-0.39, 0.29) is 12.5 Å². The zero-order chi connectivity index (χ0) is 15.3. The van der Waals surface area contributed by atoms with Crippen LogP contribution in [0.25, 0.3) is 0 Å². The van der Waals surface area contributed by atoms with E-state index in [1.807, 2.05) is 6.07 Å². The maximum Gasteiger partial charge on any atom is 0.261 e. The maximum absolute atomic E-state index is 11.9. The van der Waals surface area contributed by atoms with Gasteiger partial charge in [-0.2, -0.15) is 0 Å². The van der Waals surface area contributed by atoms with Gasteiger partial charge in [-0.15, -0.1) is 11.3 Å². The Labute approximate surface area is 130 Å². The average molecular weight is 309 g/mol. The summed E-state index contributed by atoms with van der Waals surface area (Å²) in [6.45, 7) is 4.29. The van der Waals surface area contributed by atoms with E-state index >= 15 is 0 Å². The van der Waals surface area contributed by atoms with E-state index in [0.29, 0.717) is 24.4 Å². The fourth-order valence-electron chi connectivity index (χ4n) is 1.54. The first-order valence-electron chi connectivity index (χ1n) is 7.33. The van der Waals surface area contributed by atoms with Crippen molar-refractivity contribution in [3.05, 3.63) is 21.9 Å². The van der Waals surface area contributed by atoms with Crippen LogP contribution in [0.2, 0.25) is 0 Å². The molecule has 0 atom stereocenters. The second-order valence-corrected chi connectivity index (χ2v) is 5.60. The number of aliphatic hydroxyl groups excluding tert-OH is 1. The van der Waals surface area contributed by atoms with Crippen molar-refractivity contribution in [3.63, 3.8) is 0 Å². The summed E-state index contributed by atoms with van der Waals surface area (Å²) in [6.07, 6.45) is 3.50. The molecular weight excluding hydrogens is 286 g/mol. The fourth-order valence-corrected chi connectivity index (χ4v) is 2.34. The summed E-state index contributed by atoms with van der Waals surface area (Å²) < 4.78 is 5.43. The number of amides is 1. The Morgan fingerprint density at radius 2 is 2.19 bits per heavy atom. The van der Waals surface area contributed by atoms with Crippen molar-refractivity contribution in [2.45, 2.75) is 32.6 Å². The van der Waals surface area contributed by atoms with E-state index in [0.717, 1.165) is 30.7 Å². The first kappa shape index (κ1) is 17.7. The summed E-state index contributed by atoms with van der Waals surface area (Å²) in [5.74, 6) is 5.70. The standard InChI is InChI=1S/C16H23NO3S/c1-2-3-12-20-13-6-10-17-16(19)15-9-8-14(21-15)7-4-5-11-18/h8-9,18H,2-3,5-6,10-13H2,1H3,(H,17,19). The van der Waals surface area contributed by atoms with Crippen molar-refractivity contribution in [3.8, 4) is 11.8 Å². The third-order valence-electron chi connectivity index (χ3n) is 2.67. The third-order valence-corrected chi connectivity index (χ3v) is 3.67. The molecule has 0 saturated heterocycles. The normalized spacial score (nSPS) is 10.0. The summed E-state index contributed by atoms with van der Waals surface area (Å²) >= 11 is 1.37. The SMILES string of the molecule is CCCCOCCCNC(=O)c1ccc(C#CCCO)s1. The van der Waals surface area contributed by atoms with E-state index in [2.05, 4.69) is 24.1 Å². The number of hydrogen-bond donors (Lipinski definition) is 2. The van der Waals surface area contributed by atoms with Crippen LogP contribution < -0.4 is 5.32 Å². The molecule has 5 heteroatoms. The lowest BCUT2D eigenvalue weighted by atomic mass is 10.3. The van der Waals surface area contributed by atoms with Crippen LogP contribution in [0.3, 0.4) is 0 Å². The Kier molecular flexibility index (Phi) is 9.55. The van der Waals surface area contributed by atoms with Gasteiger partial charge >= 0.3 is 0 Å². The molecule has 0 bridgehead atoms. The van der Waals surface area contributed by atoms with Gasteiger partial charge in [-0.25, -0.2) is 0 Å². The zero-order valence-corrected chi connectivity index (χ0v) is 13.3. The first-order valence-corrected chi connectivity index (χ1v) is 8.15. The van der Waals surface area contributed by atoms with Crippen molar-refractivity contribution >= 4 is 17.2 Å². The van der Waals surface area contributed by atoms with Crippen molar-refractivity contribution < 1.29 is 14.6 Å². The Morgan fingerprint density at radius 1 is 1.38 bits per heavy atom. The molecule has 0 aliphatic heterocycles. The van der Waals surface area contributed by atoms with Gasteiger partial charge in [-0.1, -0.05) is 25.2 Å². The van der Waals surface area contributed by atoms with Crippen LogP contribution >= 0.6 is 11.3 Å². The van der Waals surface area contributed by atoms with Crippen molar-refractivity contribution in [2.24, 2.45) is 0 Å². The second kappa shape index (κ2) is 11.3. The van der Waals surface area contributed by atoms with Gasteiger partial charge in [-0.05, 0) is 25.0 Å². The molecular formula is C16H23NO3S. The van der Waals surface area contributed by atoms with E-state index in [9.17, 15) is 4.79 Å². The summed E-state index contributed by atoms with van der Waals surface area (Å²) in [4.78, 5) is 13.4. The van der Waals surface area contributed by atoms with Gasteiger partial charge < -0.3 is 15.2 Å². The van der Waals surface area contributed by atoms with Crippen molar-refractivity contribution in [1.82, 2.24) is 5.32 Å². The lowest BCUT2D eigenvalue weighted by molar-refractivity contribution is 0.0944. The van der Waals surface area contributed by atoms with Crippen molar-refractivity contribution in [2.75, 3.05) is 26.4 Å². The molecule has 0 aliphatic carbocycles. The van der Waals surface area contributed by atoms with Gasteiger partial charge in [0.25, 0.3) is 5.91 Å². The number of carbonyl (C=O) groups is 1. The predicted octanol–water partition coefficient (Wildman–Crippen LogP) is 2.42. The third kappa shape index (κ3) is 7.86. The topological polar surface area (TPSA) is 58.6 Å². The molecule has 1 amide bonds. The van der Waals surface area contributed by atoms with Gasteiger partial charge in [0, 0.05) is 26.2 Å². The van der Waals surface area contributed by atoms with Crippen LogP contribution in [0.15, 0.2) is 12.1 Å². The molecule has 1 aromatic rings. The molecule has 2 N–H and O–H groups in total. The number of nitrogens with one attached hydrogen (secondary N) is 1. The highest BCUT2D eigenvalue weighted by atomic mass is 32.1. The van der Waals surface area contributed by atoms with E-state index in [1.165, 1.54) is 11.3 Å². The lowest BCUT2D eigenvalue weighted by Crippen LogP contribution is -2.24. The maximum atomic E-state index is 11.9. The molecule has 0 aromatic carbocycles. The molecule has 0 saturated carbocycles. The number of thiophene rings is 1. The molecule has 0 aliphatic rings. The van der Waals surface area contributed by atoms with E-state index in [1.54, 1.807) is 6.07 Å². The van der Waals surface area contributed by atoms with Gasteiger partial charge in [0.1, 0.15) is 0 Å². The number of ether oxygens (including phenoxy) is 1. The summed E-state index contributed by atoms with van der Waals surface area (Å²) in [7, 11) is 0. The van der Waals surface area contributed by atoms with Crippen molar-refractivity contribution in [1.29, 1.82) is 0 Å². The molecule has 0 spiro atoms. The van der Waals surface area contributed by atoms with Gasteiger partial charge in [0.05, 0.1) is 16.4 Å². The summed E-state index contributed by atoms with van der Waals surface area (Å²) in [5.41, 5.74) is 0. The minimum atomic E-state index is -0.0660. The molecule has 0 fully saturated rings. The predicted molar refractivity (Wildman–Crippen MR) is 85.6 cm³/mol. The Bertz CT molecular complexity index is 473. The quantitative estimate of drug-likeness (QED) is 0.544. The number of carbonyl (C=O) groups excluding carboxylic acids is 1. The zero-order valence-electron chi connectivity index (χ0n) is 12.5. The van der Waals surface area contributed by atoms with Crippen LogP contribution in [-0.4, -0.2) is 37.4 Å². The second-order valence-electron chi connectivity index (χ2n) is 4.51. The van der Waals surface area contributed by atoms with Crippen LogP contribution in [0.5, 0.6) is 0 Å². The van der Waals surface area contributed by atoms with Crippen LogP contribution in [0.1, 0.15) is 47.2 Å². The number of aliphatic hydroxyl groups is 1. The van der Waals surface area contributed by atoms with Crippen LogP contribution in [-0.2, 0) is 4.74 Å². The highest BCUT2D eigenvalue weighted by Crippen LogP contribution is 2.15. The van der Waals surface area contributed by atoms with Gasteiger partial charge in [0.15, 0.2) is 0 Å². The molecule has 0 radical (unpaired) electrons. The average Bonchev–Trinajstić information content (AvgIpc) is 2.95. The summed E-state index contributed by atoms with van der Waals surface area (Å²) in [6, 6.07) is 3.61. The van der Waals surface area contributed by atoms with Gasteiger partial charge in [-0.3, -0.25) is 4.79 Å². The lowest BCUT2D eigenvalue weighted by Gasteiger charge is -2.04. The number of hydrogen-bond acceptors (Lipinski definition) is 4. The number of unbranched alkanes of at least 4 members (excludes halogenated alkanes) is 1. The first-order chi connectivity index (χ1) is 10.3. The van der Waals surface area contributed by atoms with Crippen LogP contribution in [0, 0.1) is 11.8 Å². The Morgan fingerprint density at radius 3 is 2.95 bits per heavy atom. The smallest absolute Gasteiger partial charge is 0.261 e. The largest absolute Gasteiger partial charge is 0.395 e. The molecule has 116 valence electrons. The molecule has 21 heavy (non-hydrogen) atoms. The van der Waals surface area contributed by atoms with E-state index < -0.39 is 0 Å². The molecule has 1 heterocycles. The highest BCUT2D eigenvalue weighted by molar-refractivity contribution is 7.14. The molecule has 4 nitrogen and oxygen atoms in total. The highest BCUT2D eigenvalue weighted by Gasteiger charge is 2.07. The summed E-state index contributed by atoms with van der Waals surface area (Å²) in [5, 5.41) is 11.5. The minimum absolute atomic E-state index is 0.0616. The number of rotatable bonds is 9. The monoisotopic (exact) mass is 309 g/mol. The van der Waals surface area contributed by atoms with Gasteiger partial charge in [0.2, 0.25) is 0 Å². The fraction of sp³-hybridized carbons (Fsp3) is 0.562. The molecule has 1 rings (SSSR count). The Balaban J connectivity index is 2.22. The van der Waals surface area contributed by atoms with E-state index in [4.69, 9.17) is 9.84 Å². The minimum Gasteiger partial charge on any atom is -0.395 e. The Hall–Kier alpha value is -1.35. The molecule has 1 aromatic heterocycles. The molecule has 0 unspecified atom stereocenters.